The first-order chi connectivity index (χ1) is 7.58. The molecule has 0 amide bonds. The molecule has 0 atom stereocenters. The monoisotopic (exact) mass is 215 g/mol. The number of pyridine rings is 1. The van der Waals surface area contributed by atoms with Gasteiger partial charge < -0.3 is 0 Å². The number of aryl methyl sites for hydroxylation is 2. The van der Waals surface area contributed by atoms with Crippen molar-refractivity contribution < 1.29 is 4.79 Å². The zero-order valence-corrected chi connectivity index (χ0v) is 9.56. The van der Waals surface area contributed by atoms with Gasteiger partial charge >= 0.3 is 0 Å². The molecule has 0 radical (unpaired) electrons. The second kappa shape index (κ2) is 3.89. The summed E-state index contributed by atoms with van der Waals surface area (Å²) in [6, 6.07) is 3.49. The summed E-state index contributed by atoms with van der Waals surface area (Å²) in [6.45, 7) is 5.39. The fourth-order valence-electron chi connectivity index (χ4n) is 1.62. The van der Waals surface area contributed by atoms with Crippen molar-refractivity contribution in [3.05, 3.63) is 41.6 Å². The topological polar surface area (TPSA) is 47.8 Å². The van der Waals surface area contributed by atoms with Gasteiger partial charge in [0.25, 0.3) is 0 Å². The summed E-state index contributed by atoms with van der Waals surface area (Å²) in [6.07, 6.45) is 3.54. The molecule has 4 heteroatoms. The van der Waals surface area contributed by atoms with E-state index < -0.39 is 0 Å². The van der Waals surface area contributed by atoms with E-state index in [-0.39, 0.29) is 5.78 Å². The van der Waals surface area contributed by atoms with Crippen LogP contribution in [0.15, 0.2) is 24.5 Å². The number of nitrogens with zero attached hydrogens (tertiary/aromatic N) is 3. The Kier molecular flexibility index (Phi) is 2.56. The largest absolute Gasteiger partial charge is 0.295 e. The summed E-state index contributed by atoms with van der Waals surface area (Å²) in [5.41, 5.74) is 1.60. The van der Waals surface area contributed by atoms with Gasteiger partial charge in [0.15, 0.2) is 5.78 Å². The number of imidazole rings is 1. The third-order valence-corrected chi connectivity index (χ3v) is 2.40. The van der Waals surface area contributed by atoms with Crippen molar-refractivity contribution >= 4 is 5.78 Å². The lowest BCUT2D eigenvalue weighted by Gasteiger charge is -2.04. The minimum Gasteiger partial charge on any atom is -0.295 e. The number of aromatic nitrogens is 3. The quantitative estimate of drug-likeness (QED) is 0.721. The first-order valence-corrected chi connectivity index (χ1v) is 5.08. The molecule has 0 saturated carbocycles. The van der Waals surface area contributed by atoms with Crippen molar-refractivity contribution in [2.45, 2.75) is 20.8 Å². The first kappa shape index (κ1) is 10.5. The van der Waals surface area contributed by atoms with Gasteiger partial charge in [0.05, 0.1) is 5.69 Å². The summed E-state index contributed by atoms with van der Waals surface area (Å²) >= 11 is 0. The van der Waals surface area contributed by atoms with Crippen LogP contribution < -0.4 is 0 Å². The molecular formula is C12H13N3O. The Balaban J connectivity index is 2.52. The molecule has 2 aromatic heterocycles. The van der Waals surface area contributed by atoms with Crippen molar-refractivity contribution in [1.29, 1.82) is 0 Å². The third-order valence-electron chi connectivity index (χ3n) is 2.40. The molecular weight excluding hydrogens is 202 g/mol. The number of hydrogen-bond acceptors (Lipinski definition) is 3. The van der Waals surface area contributed by atoms with Gasteiger partial charge in [-0.25, -0.2) is 9.97 Å². The van der Waals surface area contributed by atoms with Crippen molar-refractivity contribution in [3.63, 3.8) is 0 Å². The van der Waals surface area contributed by atoms with Gasteiger partial charge in [-0.15, -0.1) is 0 Å². The fourth-order valence-corrected chi connectivity index (χ4v) is 1.62. The molecule has 0 aliphatic rings. The van der Waals surface area contributed by atoms with Gasteiger partial charge in [-0.05, 0) is 32.9 Å². The SMILES string of the molecule is CC(=O)c1ccnc(-n2cc(C)nc2C)c1. The average Bonchev–Trinajstić information content (AvgIpc) is 2.58. The van der Waals surface area contributed by atoms with Crippen LogP contribution in [-0.2, 0) is 0 Å². The Hall–Kier alpha value is -1.97. The van der Waals surface area contributed by atoms with Crippen LogP contribution in [0.1, 0.15) is 28.8 Å². The molecule has 0 spiro atoms. The van der Waals surface area contributed by atoms with Crippen LogP contribution in [0, 0.1) is 13.8 Å². The molecule has 16 heavy (non-hydrogen) atoms. The van der Waals surface area contributed by atoms with E-state index in [4.69, 9.17) is 0 Å². The molecule has 0 aliphatic heterocycles. The van der Waals surface area contributed by atoms with Crippen LogP contribution in [-0.4, -0.2) is 20.3 Å². The number of rotatable bonds is 2. The van der Waals surface area contributed by atoms with Gasteiger partial charge in [-0.1, -0.05) is 0 Å². The summed E-state index contributed by atoms with van der Waals surface area (Å²) in [7, 11) is 0. The lowest BCUT2D eigenvalue weighted by atomic mass is 10.2. The van der Waals surface area contributed by atoms with Crippen molar-refractivity contribution in [2.75, 3.05) is 0 Å². The molecule has 2 rings (SSSR count). The number of ketones is 1. The Bertz CT molecular complexity index is 543. The van der Waals surface area contributed by atoms with Gasteiger partial charge in [0.2, 0.25) is 0 Å². The molecule has 0 fully saturated rings. The van der Waals surface area contributed by atoms with Crippen LogP contribution in [0.25, 0.3) is 5.82 Å². The number of carbonyl (C=O) groups is 1. The second-order valence-electron chi connectivity index (χ2n) is 3.76. The van der Waals surface area contributed by atoms with Crippen LogP contribution in [0.2, 0.25) is 0 Å². The molecule has 0 bridgehead atoms. The number of Topliss-reactive ketones (excluding diaryl/α,β-unsaturated/α-hetero) is 1. The van der Waals surface area contributed by atoms with E-state index in [1.54, 1.807) is 25.3 Å². The van der Waals surface area contributed by atoms with Crippen LogP contribution in [0.3, 0.4) is 0 Å². The maximum Gasteiger partial charge on any atom is 0.159 e. The molecule has 2 heterocycles. The Morgan fingerprint density at radius 1 is 1.38 bits per heavy atom. The maximum atomic E-state index is 11.3. The third kappa shape index (κ3) is 1.86. The van der Waals surface area contributed by atoms with Crippen LogP contribution in [0.5, 0.6) is 0 Å². The molecule has 4 nitrogen and oxygen atoms in total. The van der Waals surface area contributed by atoms with Gasteiger partial charge in [-0.3, -0.25) is 9.36 Å². The van der Waals surface area contributed by atoms with E-state index in [0.29, 0.717) is 5.56 Å². The van der Waals surface area contributed by atoms with E-state index in [1.165, 1.54) is 0 Å². The van der Waals surface area contributed by atoms with E-state index in [2.05, 4.69) is 9.97 Å². The second-order valence-corrected chi connectivity index (χ2v) is 3.76. The van der Waals surface area contributed by atoms with Crippen molar-refractivity contribution in [3.8, 4) is 5.82 Å². The molecule has 0 N–H and O–H groups in total. The zero-order chi connectivity index (χ0) is 11.7. The standard InChI is InChI=1S/C12H13N3O/c1-8-7-15(10(3)14-8)12-6-11(9(2)16)4-5-13-12/h4-7H,1-3H3. The van der Waals surface area contributed by atoms with Gasteiger partial charge in [0, 0.05) is 18.0 Å². The summed E-state index contributed by atoms with van der Waals surface area (Å²) in [4.78, 5) is 19.8. The first-order valence-electron chi connectivity index (χ1n) is 5.08. The smallest absolute Gasteiger partial charge is 0.159 e. The highest BCUT2D eigenvalue weighted by Crippen LogP contribution is 2.11. The molecule has 82 valence electrons. The predicted molar refractivity (Wildman–Crippen MR) is 60.8 cm³/mol. The van der Waals surface area contributed by atoms with E-state index >= 15 is 0 Å². The number of carbonyl (C=O) groups excluding carboxylic acids is 1. The highest BCUT2D eigenvalue weighted by atomic mass is 16.1. The molecule has 2 aromatic rings. The number of hydrogen-bond donors (Lipinski definition) is 0. The Labute approximate surface area is 94.0 Å². The fraction of sp³-hybridized carbons (Fsp3) is 0.250. The molecule has 0 unspecified atom stereocenters. The minimum absolute atomic E-state index is 0.0399. The van der Waals surface area contributed by atoms with Crippen molar-refractivity contribution in [1.82, 2.24) is 14.5 Å². The summed E-state index contributed by atoms with van der Waals surface area (Å²) in [5.74, 6) is 1.63. The maximum absolute atomic E-state index is 11.3. The zero-order valence-electron chi connectivity index (χ0n) is 9.56. The van der Waals surface area contributed by atoms with Crippen LogP contribution in [0.4, 0.5) is 0 Å². The average molecular weight is 215 g/mol. The molecule has 0 aliphatic carbocycles. The van der Waals surface area contributed by atoms with E-state index in [9.17, 15) is 4.79 Å². The van der Waals surface area contributed by atoms with Crippen molar-refractivity contribution in [2.24, 2.45) is 0 Å². The van der Waals surface area contributed by atoms with E-state index in [1.807, 2.05) is 24.6 Å². The molecule has 0 aromatic carbocycles. The lowest BCUT2D eigenvalue weighted by Crippen LogP contribution is -2.01. The Morgan fingerprint density at radius 3 is 2.69 bits per heavy atom. The van der Waals surface area contributed by atoms with E-state index in [0.717, 1.165) is 17.3 Å². The highest BCUT2D eigenvalue weighted by molar-refractivity contribution is 5.94. The molecule has 0 saturated heterocycles. The normalized spacial score (nSPS) is 10.4. The summed E-state index contributed by atoms with van der Waals surface area (Å²) in [5, 5.41) is 0. The lowest BCUT2D eigenvalue weighted by molar-refractivity contribution is 0.101. The minimum atomic E-state index is 0.0399. The Morgan fingerprint density at radius 2 is 2.12 bits per heavy atom. The summed E-state index contributed by atoms with van der Waals surface area (Å²) < 4.78 is 1.88. The highest BCUT2D eigenvalue weighted by Gasteiger charge is 2.06. The van der Waals surface area contributed by atoms with Gasteiger partial charge in [-0.2, -0.15) is 0 Å². The van der Waals surface area contributed by atoms with Crippen LogP contribution >= 0.6 is 0 Å². The van der Waals surface area contributed by atoms with Gasteiger partial charge in [0.1, 0.15) is 11.6 Å². The predicted octanol–water partition coefficient (Wildman–Crippen LogP) is 2.09.